The van der Waals surface area contributed by atoms with E-state index >= 15 is 0 Å². The lowest BCUT2D eigenvalue weighted by Gasteiger charge is -2.31. The number of nitrogens with two attached hydrogens (primary N) is 1. The summed E-state index contributed by atoms with van der Waals surface area (Å²) in [5, 5.41) is 17.3. The monoisotopic (exact) mass is 945 g/mol. The normalized spacial score (nSPS) is 19.0. The van der Waals surface area contributed by atoms with Gasteiger partial charge in [0.05, 0.1) is 68.1 Å². The Morgan fingerprint density at radius 2 is 1.57 bits per heavy atom. The molecule has 5 amide bonds. The van der Waals surface area contributed by atoms with Crippen LogP contribution in [0.15, 0.2) is 102 Å². The Morgan fingerprint density at radius 3 is 2.22 bits per heavy atom. The summed E-state index contributed by atoms with van der Waals surface area (Å²) >= 11 is 0. The van der Waals surface area contributed by atoms with Gasteiger partial charge in [-0.3, -0.25) is 24.2 Å². The number of aliphatic imine (C=N–C) groups is 1. The van der Waals surface area contributed by atoms with Gasteiger partial charge in [-0.05, 0) is 80.0 Å². The number of ether oxygens (including phenoxy) is 5. The number of allylic oxidation sites excluding steroid dienone is 3. The van der Waals surface area contributed by atoms with Gasteiger partial charge in [-0.2, -0.15) is 0 Å². The summed E-state index contributed by atoms with van der Waals surface area (Å²) in [4.78, 5) is 76.0. The molecule has 0 saturated heterocycles. The fourth-order valence-electron chi connectivity index (χ4n) is 8.33. The van der Waals surface area contributed by atoms with Gasteiger partial charge >= 0.3 is 6.09 Å². The fraction of sp³-hybridized carbons (Fsp3) is 0.373. The highest BCUT2D eigenvalue weighted by Crippen LogP contribution is 2.43. The molecule has 0 spiro atoms. The molecule has 3 aromatic rings. The van der Waals surface area contributed by atoms with E-state index in [4.69, 9.17) is 29.4 Å². The van der Waals surface area contributed by atoms with Crippen molar-refractivity contribution in [1.29, 1.82) is 0 Å². The van der Waals surface area contributed by atoms with Gasteiger partial charge in [-0.15, -0.1) is 6.58 Å². The van der Waals surface area contributed by atoms with Crippen molar-refractivity contribution in [3.05, 3.63) is 114 Å². The van der Waals surface area contributed by atoms with Crippen LogP contribution in [-0.4, -0.2) is 109 Å². The van der Waals surface area contributed by atoms with E-state index < -0.39 is 48.2 Å². The van der Waals surface area contributed by atoms with E-state index in [1.807, 2.05) is 45.2 Å². The van der Waals surface area contributed by atoms with Crippen molar-refractivity contribution < 1.29 is 52.8 Å². The minimum Gasteiger partial charge on any atom is -0.493 e. The topological polar surface area (TPSA) is 224 Å². The molecule has 4 aliphatic rings. The molecule has 5 N–H and O–H groups in total. The first-order valence-corrected chi connectivity index (χ1v) is 22.8. The van der Waals surface area contributed by atoms with Crippen LogP contribution < -0.4 is 40.2 Å². The molecule has 364 valence electrons. The minimum absolute atomic E-state index is 0.0475. The summed E-state index contributed by atoms with van der Waals surface area (Å²) in [5.41, 5.74) is 9.77. The zero-order valence-corrected chi connectivity index (χ0v) is 39.6. The minimum atomic E-state index is -1.54. The number of benzene rings is 3. The molecule has 18 nitrogen and oxygen atoms in total. The van der Waals surface area contributed by atoms with Crippen molar-refractivity contribution in [1.82, 2.24) is 15.1 Å². The van der Waals surface area contributed by atoms with Gasteiger partial charge in [0.2, 0.25) is 11.8 Å². The van der Waals surface area contributed by atoms with Gasteiger partial charge in [-0.1, -0.05) is 44.2 Å². The Balaban J connectivity index is 1.04. The molecule has 5 atom stereocenters. The molecule has 0 bridgehead atoms. The van der Waals surface area contributed by atoms with Crippen LogP contribution in [0.4, 0.5) is 21.9 Å². The molecule has 0 saturated carbocycles. The van der Waals surface area contributed by atoms with Gasteiger partial charge in [0.25, 0.3) is 11.8 Å². The van der Waals surface area contributed by atoms with Gasteiger partial charge < -0.3 is 55.0 Å². The maximum absolute atomic E-state index is 14.3. The standard InChI is InChI=1S/C51H59N7O11/c1-8-11-32-19-35-25-53-38-23-43(41(65-6)21-36(38)48(61)56(35)26-32)67-17-10-18-68-44-24-39-37(22-42(44)66-7)49(62)57-27-33(12-9-2)20-40(57)50(63)58(39)51(64)69-28-31-13-15-34(16-14-31)55-46(59)30(5)54-47(60)45(52)29(3)4/h8-9,12-16,21-27,29-30,35,40,45,50,63H,1,10-11,17-20,28,52H2,2-7H3,(H,54,60)(H,55,59)/b12-9+/t30-,35-,40-,45-,50-/m0/s1. The van der Waals surface area contributed by atoms with Gasteiger partial charge in [0.15, 0.2) is 29.2 Å². The lowest BCUT2D eigenvalue weighted by Crippen LogP contribution is -2.50. The third-order valence-electron chi connectivity index (χ3n) is 12.1. The zero-order chi connectivity index (χ0) is 49.5. The summed E-state index contributed by atoms with van der Waals surface area (Å²) in [6, 6.07) is 10.2. The average Bonchev–Trinajstić information content (AvgIpc) is 3.91. The van der Waals surface area contributed by atoms with Crippen molar-refractivity contribution in [2.45, 2.75) is 90.4 Å². The number of nitrogens with zero attached hydrogens (tertiary/aromatic N) is 4. The number of carbonyl (C=O) groups excluding carboxylic acids is 5. The van der Waals surface area contributed by atoms with Crippen molar-refractivity contribution >= 4 is 53.0 Å². The number of hydrogen-bond donors (Lipinski definition) is 4. The van der Waals surface area contributed by atoms with Crippen LogP contribution in [0.3, 0.4) is 0 Å². The van der Waals surface area contributed by atoms with Crippen LogP contribution in [0, 0.1) is 5.92 Å². The van der Waals surface area contributed by atoms with Crippen LogP contribution >= 0.6 is 0 Å². The predicted octanol–water partition coefficient (Wildman–Crippen LogP) is 6.52. The Morgan fingerprint density at radius 1 is 0.899 bits per heavy atom. The molecule has 4 aliphatic heterocycles. The molecule has 0 unspecified atom stereocenters. The summed E-state index contributed by atoms with van der Waals surface area (Å²) in [5.74, 6) is -0.469. The number of methoxy groups -OCH3 is 2. The van der Waals surface area contributed by atoms with E-state index in [1.54, 1.807) is 60.6 Å². The maximum Gasteiger partial charge on any atom is 0.416 e. The SMILES string of the molecule is C=CCC1=CN2C(=O)c3cc(OC)c(OCCCOc4cc5c(cc4OC)C(=O)N4C=C(/C=C/C)C[C@H]4[C@H](O)N5C(=O)OCc4ccc(NC(=O)[C@H](C)NC(=O)[C@@H](N)C(C)C)cc4)cc3N=C[C@@H]2C1. The third-order valence-corrected chi connectivity index (χ3v) is 12.1. The molecular weight excluding hydrogens is 887 g/mol. The lowest BCUT2D eigenvalue weighted by molar-refractivity contribution is -0.127. The number of rotatable bonds is 18. The number of aliphatic hydroxyl groups is 1. The second kappa shape index (κ2) is 21.7. The van der Waals surface area contributed by atoms with Crippen molar-refractivity contribution in [2.75, 3.05) is 37.7 Å². The summed E-state index contributed by atoms with van der Waals surface area (Å²) in [6.45, 7) is 10.9. The molecule has 0 fully saturated rings. The first kappa shape index (κ1) is 49.5. The molecular formula is C51H59N7O11. The van der Waals surface area contributed by atoms with Crippen LogP contribution in [0.1, 0.15) is 79.7 Å². The Labute approximate surface area is 401 Å². The average molecular weight is 946 g/mol. The Hall–Kier alpha value is -7.44. The van der Waals surface area contributed by atoms with E-state index in [2.05, 4.69) is 22.2 Å². The number of fused-ring (bicyclic) bond motifs is 4. The van der Waals surface area contributed by atoms with Gasteiger partial charge in [0.1, 0.15) is 12.6 Å². The first-order chi connectivity index (χ1) is 33.1. The number of aliphatic hydroxyl groups excluding tert-OH is 1. The van der Waals surface area contributed by atoms with Crippen LogP contribution in [0.5, 0.6) is 23.0 Å². The number of anilines is 2. The summed E-state index contributed by atoms with van der Waals surface area (Å²) < 4.78 is 29.4. The van der Waals surface area contributed by atoms with Gasteiger partial charge in [0, 0.05) is 42.9 Å². The zero-order valence-electron chi connectivity index (χ0n) is 39.6. The molecule has 0 radical (unpaired) electrons. The smallest absolute Gasteiger partial charge is 0.416 e. The number of nitrogens with one attached hydrogen (secondary N) is 2. The van der Waals surface area contributed by atoms with Crippen molar-refractivity contribution in [2.24, 2.45) is 16.6 Å². The molecule has 0 aromatic heterocycles. The summed E-state index contributed by atoms with van der Waals surface area (Å²) in [6.07, 6.45) is 10.3. The molecule has 3 aromatic carbocycles. The van der Waals surface area contributed by atoms with E-state index in [1.165, 1.54) is 31.3 Å². The third kappa shape index (κ3) is 10.8. The molecule has 4 heterocycles. The van der Waals surface area contributed by atoms with E-state index in [-0.39, 0.29) is 66.9 Å². The van der Waals surface area contributed by atoms with Crippen LogP contribution in [0.25, 0.3) is 0 Å². The highest BCUT2D eigenvalue weighted by Gasteiger charge is 2.45. The quantitative estimate of drug-likeness (QED) is 0.0791. The molecule has 0 aliphatic carbocycles. The molecule has 7 rings (SSSR count). The highest BCUT2D eigenvalue weighted by molar-refractivity contribution is 6.07. The molecule has 18 heteroatoms. The largest absolute Gasteiger partial charge is 0.493 e. The lowest BCUT2D eigenvalue weighted by atomic mass is 10.0. The maximum atomic E-state index is 14.3. The number of carbonyl (C=O) groups is 5. The highest BCUT2D eigenvalue weighted by atomic mass is 16.6. The van der Waals surface area contributed by atoms with Crippen LogP contribution in [-0.2, 0) is 20.9 Å². The van der Waals surface area contributed by atoms with E-state index in [0.29, 0.717) is 53.3 Å². The fourth-order valence-corrected chi connectivity index (χ4v) is 8.33. The number of hydrogen-bond acceptors (Lipinski definition) is 13. The van der Waals surface area contributed by atoms with E-state index in [9.17, 15) is 29.1 Å². The van der Waals surface area contributed by atoms with Crippen LogP contribution in [0.2, 0.25) is 0 Å². The second-order valence-corrected chi connectivity index (χ2v) is 17.3. The van der Waals surface area contributed by atoms with Crippen molar-refractivity contribution in [3.63, 3.8) is 0 Å². The van der Waals surface area contributed by atoms with Crippen molar-refractivity contribution in [3.8, 4) is 23.0 Å². The molecule has 69 heavy (non-hydrogen) atoms. The van der Waals surface area contributed by atoms with E-state index in [0.717, 1.165) is 16.0 Å². The summed E-state index contributed by atoms with van der Waals surface area (Å²) in [7, 11) is 2.93. The Bertz CT molecular complexity index is 2610. The second-order valence-electron chi connectivity index (χ2n) is 17.3. The first-order valence-electron chi connectivity index (χ1n) is 22.8. The predicted molar refractivity (Wildman–Crippen MR) is 259 cm³/mol. The van der Waals surface area contributed by atoms with Gasteiger partial charge in [-0.25, -0.2) is 9.69 Å². The Kier molecular flexibility index (Phi) is 15.5. The number of amides is 5.